The van der Waals surface area contributed by atoms with Crippen LogP contribution in [-0.4, -0.2) is 13.1 Å². The molecule has 0 N–H and O–H groups in total. The Bertz CT molecular complexity index is 185. The van der Waals surface area contributed by atoms with Gasteiger partial charge in [0, 0.05) is 6.42 Å². The summed E-state index contributed by atoms with van der Waals surface area (Å²) < 4.78 is 4.59. The Morgan fingerprint density at radius 3 is 2.12 bits per heavy atom. The molecule has 94 valence electrons. The molecule has 0 radical (unpaired) electrons. The Morgan fingerprint density at radius 1 is 1.00 bits per heavy atom. The van der Waals surface area contributed by atoms with Crippen LogP contribution in [0.1, 0.15) is 64.7 Å². The molecular weight excluding hydrogens is 200 g/mol. The van der Waals surface area contributed by atoms with Gasteiger partial charge in [-0.15, -0.1) is 0 Å². The van der Waals surface area contributed by atoms with Gasteiger partial charge in [-0.1, -0.05) is 44.3 Å². The van der Waals surface area contributed by atoms with Gasteiger partial charge in [-0.2, -0.15) is 0 Å². The molecule has 0 bridgehead atoms. The number of allylic oxidation sites excluding steroid dienone is 2. The molecule has 16 heavy (non-hydrogen) atoms. The number of unbranched alkanes of at least 4 members (excludes halogenated alkanes) is 7. The van der Waals surface area contributed by atoms with E-state index in [1.165, 1.54) is 45.6 Å². The SMILES string of the molecule is CC=CCCCCCCCCCC(=O)OC. The van der Waals surface area contributed by atoms with Gasteiger partial charge in [0.1, 0.15) is 0 Å². The van der Waals surface area contributed by atoms with E-state index in [9.17, 15) is 4.79 Å². The zero-order valence-corrected chi connectivity index (χ0v) is 10.8. The van der Waals surface area contributed by atoms with E-state index in [0.29, 0.717) is 6.42 Å². The lowest BCUT2D eigenvalue weighted by Crippen LogP contribution is -1.99. The highest BCUT2D eigenvalue weighted by Crippen LogP contribution is 2.10. The summed E-state index contributed by atoms with van der Waals surface area (Å²) in [7, 11) is 1.45. The molecule has 0 atom stereocenters. The topological polar surface area (TPSA) is 26.3 Å². The van der Waals surface area contributed by atoms with Gasteiger partial charge in [-0.05, 0) is 26.2 Å². The van der Waals surface area contributed by atoms with Gasteiger partial charge in [0.15, 0.2) is 0 Å². The van der Waals surface area contributed by atoms with Gasteiger partial charge in [-0.25, -0.2) is 0 Å². The molecule has 0 amide bonds. The molecule has 0 aliphatic rings. The van der Waals surface area contributed by atoms with Crippen LogP contribution in [0.3, 0.4) is 0 Å². The van der Waals surface area contributed by atoms with Crippen molar-refractivity contribution in [3.05, 3.63) is 12.2 Å². The summed E-state index contributed by atoms with van der Waals surface area (Å²) in [5, 5.41) is 0. The summed E-state index contributed by atoms with van der Waals surface area (Å²) in [4.78, 5) is 10.8. The van der Waals surface area contributed by atoms with Gasteiger partial charge < -0.3 is 4.74 Å². The fourth-order valence-corrected chi connectivity index (χ4v) is 1.68. The summed E-state index contributed by atoms with van der Waals surface area (Å²) in [6, 6.07) is 0. The summed E-state index contributed by atoms with van der Waals surface area (Å²) in [5.74, 6) is -0.0775. The average Bonchev–Trinajstić information content (AvgIpc) is 2.31. The van der Waals surface area contributed by atoms with Crippen LogP contribution in [0.5, 0.6) is 0 Å². The Labute approximate surface area is 100 Å². The number of rotatable bonds is 10. The van der Waals surface area contributed by atoms with Crippen molar-refractivity contribution in [1.29, 1.82) is 0 Å². The predicted molar refractivity (Wildman–Crippen MR) is 68.4 cm³/mol. The normalized spacial score (nSPS) is 10.9. The van der Waals surface area contributed by atoms with Crippen molar-refractivity contribution in [3.8, 4) is 0 Å². The monoisotopic (exact) mass is 226 g/mol. The first kappa shape index (κ1) is 15.2. The van der Waals surface area contributed by atoms with Crippen LogP contribution in [0, 0.1) is 0 Å². The van der Waals surface area contributed by atoms with Crippen molar-refractivity contribution in [2.24, 2.45) is 0 Å². The van der Waals surface area contributed by atoms with Crippen LogP contribution in [0.25, 0.3) is 0 Å². The highest BCUT2D eigenvalue weighted by molar-refractivity contribution is 5.68. The van der Waals surface area contributed by atoms with Crippen molar-refractivity contribution in [2.75, 3.05) is 7.11 Å². The van der Waals surface area contributed by atoms with Crippen LogP contribution in [-0.2, 0) is 9.53 Å². The first-order valence-electron chi connectivity index (χ1n) is 6.49. The summed E-state index contributed by atoms with van der Waals surface area (Å²) >= 11 is 0. The molecular formula is C14H26O2. The maximum atomic E-state index is 10.8. The first-order chi connectivity index (χ1) is 7.81. The third-order valence-corrected chi connectivity index (χ3v) is 2.72. The van der Waals surface area contributed by atoms with E-state index in [2.05, 4.69) is 23.8 Å². The maximum Gasteiger partial charge on any atom is 0.305 e. The molecule has 2 heteroatoms. The van der Waals surface area contributed by atoms with Crippen LogP contribution in [0.2, 0.25) is 0 Å². The molecule has 0 rings (SSSR count). The lowest BCUT2D eigenvalue weighted by Gasteiger charge is -2.01. The van der Waals surface area contributed by atoms with E-state index in [0.717, 1.165) is 12.8 Å². The molecule has 0 aliphatic carbocycles. The van der Waals surface area contributed by atoms with Crippen molar-refractivity contribution in [1.82, 2.24) is 0 Å². The zero-order chi connectivity index (χ0) is 12.1. The van der Waals surface area contributed by atoms with E-state index in [-0.39, 0.29) is 5.97 Å². The van der Waals surface area contributed by atoms with Crippen LogP contribution >= 0.6 is 0 Å². The van der Waals surface area contributed by atoms with Crippen molar-refractivity contribution < 1.29 is 9.53 Å². The molecule has 2 nitrogen and oxygen atoms in total. The van der Waals surface area contributed by atoms with Crippen LogP contribution in [0.4, 0.5) is 0 Å². The number of ether oxygens (including phenoxy) is 1. The lowest BCUT2D eigenvalue weighted by atomic mass is 10.1. The van der Waals surface area contributed by atoms with Crippen LogP contribution in [0.15, 0.2) is 12.2 Å². The van der Waals surface area contributed by atoms with E-state index >= 15 is 0 Å². The first-order valence-corrected chi connectivity index (χ1v) is 6.49. The molecule has 0 aromatic carbocycles. The summed E-state index contributed by atoms with van der Waals surface area (Å²) in [6.07, 6.45) is 14.8. The minimum absolute atomic E-state index is 0.0775. The van der Waals surface area contributed by atoms with E-state index < -0.39 is 0 Å². The van der Waals surface area contributed by atoms with Gasteiger partial charge >= 0.3 is 5.97 Å². The van der Waals surface area contributed by atoms with Crippen molar-refractivity contribution in [3.63, 3.8) is 0 Å². The molecule has 0 heterocycles. The van der Waals surface area contributed by atoms with E-state index in [1.54, 1.807) is 0 Å². The Balaban J connectivity index is 3.01. The molecule has 0 aliphatic heterocycles. The van der Waals surface area contributed by atoms with Gasteiger partial charge in [0.2, 0.25) is 0 Å². The predicted octanol–water partition coefficient (Wildman–Crippen LogP) is 4.25. The number of carbonyl (C=O) groups excluding carboxylic acids is 1. The molecule has 0 aromatic heterocycles. The van der Waals surface area contributed by atoms with Gasteiger partial charge in [-0.3, -0.25) is 4.79 Å². The van der Waals surface area contributed by atoms with Crippen molar-refractivity contribution >= 4 is 5.97 Å². The molecule has 0 saturated carbocycles. The molecule has 0 spiro atoms. The highest BCUT2D eigenvalue weighted by atomic mass is 16.5. The van der Waals surface area contributed by atoms with Crippen LogP contribution < -0.4 is 0 Å². The maximum absolute atomic E-state index is 10.8. The lowest BCUT2D eigenvalue weighted by molar-refractivity contribution is -0.140. The second-order valence-corrected chi connectivity index (χ2v) is 4.16. The number of methoxy groups -OCH3 is 1. The Kier molecular flexibility index (Phi) is 11.7. The summed E-state index contributed by atoms with van der Waals surface area (Å²) in [6.45, 7) is 2.07. The number of hydrogen-bond acceptors (Lipinski definition) is 2. The van der Waals surface area contributed by atoms with E-state index in [1.807, 2.05) is 0 Å². The number of hydrogen-bond donors (Lipinski definition) is 0. The van der Waals surface area contributed by atoms with Gasteiger partial charge in [0.05, 0.1) is 7.11 Å². The van der Waals surface area contributed by atoms with E-state index in [4.69, 9.17) is 0 Å². The molecule has 0 saturated heterocycles. The third kappa shape index (κ3) is 11.3. The minimum Gasteiger partial charge on any atom is -0.469 e. The van der Waals surface area contributed by atoms with Gasteiger partial charge in [0.25, 0.3) is 0 Å². The Morgan fingerprint density at radius 2 is 1.56 bits per heavy atom. The standard InChI is InChI=1S/C14H26O2/c1-3-4-5-6-7-8-9-10-11-12-13-14(15)16-2/h3-4H,5-13H2,1-2H3. The second-order valence-electron chi connectivity index (χ2n) is 4.16. The van der Waals surface area contributed by atoms with Crippen molar-refractivity contribution in [2.45, 2.75) is 64.7 Å². The number of esters is 1. The smallest absolute Gasteiger partial charge is 0.305 e. The average molecular weight is 226 g/mol. The third-order valence-electron chi connectivity index (χ3n) is 2.72. The fraction of sp³-hybridized carbons (Fsp3) is 0.786. The quantitative estimate of drug-likeness (QED) is 0.316. The Hall–Kier alpha value is -0.790. The summed E-state index contributed by atoms with van der Waals surface area (Å²) in [5.41, 5.74) is 0. The molecule has 0 unspecified atom stereocenters. The molecule has 0 aromatic rings. The highest BCUT2D eigenvalue weighted by Gasteiger charge is 1.98. The fourth-order valence-electron chi connectivity index (χ4n) is 1.68. The second kappa shape index (κ2) is 12.3. The largest absolute Gasteiger partial charge is 0.469 e. The number of carbonyl (C=O) groups is 1. The minimum atomic E-state index is -0.0775. The zero-order valence-electron chi connectivity index (χ0n) is 10.8. The molecule has 0 fully saturated rings.